The summed E-state index contributed by atoms with van der Waals surface area (Å²) in [5, 5.41) is 19.0. The fourth-order valence-electron chi connectivity index (χ4n) is 3.75. The lowest BCUT2D eigenvalue weighted by molar-refractivity contribution is -0.148. The number of esters is 1. The lowest BCUT2D eigenvalue weighted by Gasteiger charge is -2.15. The maximum atomic E-state index is 12.1. The average molecular weight is 441 g/mol. The molecular formula is C26H48O5. The van der Waals surface area contributed by atoms with Gasteiger partial charge in [-0.1, -0.05) is 104 Å². The van der Waals surface area contributed by atoms with Crippen LogP contribution in [0.15, 0.2) is 11.8 Å². The number of hydrogen-bond acceptors (Lipinski definition) is 4. The van der Waals surface area contributed by atoms with Gasteiger partial charge >= 0.3 is 11.9 Å². The molecule has 5 heteroatoms. The molecule has 0 aliphatic carbocycles. The lowest BCUT2D eigenvalue weighted by atomic mass is 10.0. The second-order valence-corrected chi connectivity index (χ2v) is 8.78. The first kappa shape index (κ1) is 29.5. The molecule has 0 aliphatic rings. The molecule has 0 aromatic rings. The number of ether oxygens (including phenoxy) is 1. The van der Waals surface area contributed by atoms with Crippen molar-refractivity contribution in [1.29, 1.82) is 0 Å². The maximum Gasteiger partial charge on any atom is 0.334 e. The SMILES string of the molecule is CCCCCCCCCCCC(O)=CC(=O)OC(CCCCCCCCC)CC(=O)O. The van der Waals surface area contributed by atoms with Gasteiger partial charge in [-0.3, -0.25) is 4.79 Å². The number of aliphatic carboxylic acids is 1. The molecule has 1 atom stereocenters. The third-order valence-corrected chi connectivity index (χ3v) is 5.64. The first-order valence-corrected chi connectivity index (χ1v) is 12.8. The van der Waals surface area contributed by atoms with Crippen molar-refractivity contribution in [3.8, 4) is 0 Å². The number of allylic oxidation sites excluding steroid dienone is 1. The van der Waals surface area contributed by atoms with Gasteiger partial charge in [-0.25, -0.2) is 4.79 Å². The zero-order valence-corrected chi connectivity index (χ0v) is 20.2. The number of aliphatic hydroxyl groups excluding tert-OH is 1. The summed E-state index contributed by atoms with van der Waals surface area (Å²) in [5.41, 5.74) is 0. The van der Waals surface area contributed by atoms with E-state index in [9.17, 15) is 14.7 Å². The third kappa shape index (κ3) is 21.5. The number of carbonyl (C=O) groups is 2. The third-order valence-electron chi connectivity index (χ3n) is 5.64. The molecule has 0 bridgehead atoms. The van der Waals surface area contributed by atoms with Gasteiger partial charge < -0.3 is 14.9 Å². The van der Waals surface area contributed by atoms with Gasteiger partial charge in [0, 0.05) is 6.42 Å². The molecule has 2 N–H and O–H groups in total. The van der Waals surface area contributed by atoms with E-state index in [-0.39, 0.29) is 12.2 Å². The Balaban J connectivity index is 4.03. The monoisotopic (exact) mass is 440 g/mol. The van der Waals surface area contributed by atoms with Crippen LogP contribution in [0, 0.1) is 0 Å². The summed E-state index contributed by atoms with van der Waals surface area (Å²) < 4.78 is 5.31. The highest BCUT2D eigenvalue weighted by Crippen LogP contribution is 2.15. The summed E-state index contributed by atoms with van der Waals surface area (Å²) in [6.07, 6.45) is 20.0. The summed E-state index contributed by atoms with van der Waals surface area (Å²) in [6.45, 7) is 4.41. The van der Waals surface area contributed by atoms with E-state index < -0.39 is 18.0 Å². The smallest absolute Gasteiger partial charge is 0.334 e. The summed E-state index contributed by atoms with van der Waals surface area (Å²) in [6, 6.07) is 0. The highest BCUT2D eigenvalue weighted by atomic mass is 16.5. The Morgan fingerprint density at radius 2 is 1.16 bits per heavy atom. The minimum absolute atomic E-state index is 0.0259. The van der Waals surface area contributed by atoms with Crippen molar-refractivity contribution in [2.75, 3.05) is 0 Å². The molecule has 0 heterocycles. The van der Waals surface area contributed by atoms with Gasteiger partial charge in [0.25, 0.3) is 0 Å². The van der Waals surface area contributed by atoms with Crippen LogP contribution in [-0.4, -0.2) is 28.3 Å². The Bertz CT molecular complexity index is 472. The Hall–Kier alpha value is -1.52. The second-order valence-electron chi connectivity index (χ2n) is 8.78. The van der Waals surface area contributed by atoms with Crippen molar-refractivity contribution in [3.63, 3.8) is 0 Å². The average Bonchev–Trinajstić information content (AvgIpc) is 2.71. The highest BCUT2D eigenvalue weighted by molar-refractivity contribution is 5.82. The number of rotatable bonds is 22. The molecule has 1 unspecified atom stereocenters. The number of hydrogen-bond donors (Lipinski definition) is 2. The molecule has 0 aliphatic heterocycles. The van der Waals surface area contributed by atoms with Crippen molar-refractivity contribution in [3.05, 3.63) is 11.8 Å². The zero-order valence-electron chi connectivity index (χ0n) is 20.2. The number of aliphatic hydroxyl groups is 1. The van der Waals surface area contributed by atoms with Crippen molar-refractivity contribution in [2.24, 2.45) is 0 Å². The van der Waals surface area contributed by atoms with E-state index in [1.54, 1.807) is 0 Å². The van der Waals surface area contributed by atoms with E-state index in [0.29, 0.717) is 12.8 Å². The first-order valence-electron chi connectivity index (χ1n) is 12.8. The quantitative estimate of drug-likeness (QED) is 0.0774. The minimum atomic E-state index is -0.969. The Kier molecular flexibility index (Phi) is 20.6. The van der Waals surface area contributed by atoms with Gasteiger partial charge in [0.05, 0.1) is 18.3 Å². The number of carboxylic acids is 1. The normalized spacial score (nSPS) is 12.6. The summed E-state index contributed by atoms with van der Waals surface area (Å²) in [4.78, 5) is 23.1. The molecule has 0 rings (SSSR count). The molecule has 0 amide bonds. The topological polar surface area (TPSA) is 83.8 Å². The van der Waals surface area contributed by atoms with Crippen LogP contribution >= 0.6 is 0 Å². The molecule has 0 radical (unpaired) electrons. The largest absolute Gasteiger partial charge is 0.512 e. The van der Waals surface area contributed by atoms with E-state index in [4.69, 9.17) is 9.84 Å². The molecule has 0 aromatic carbocycles. The lowest BCUT2D eigenvalue weighted by Crippen LogP contribution is -2.21. The van der Waals surface area contributed by atoms with Crippen LogP contribution in [0.3, 0.4) is 0 Å². The van der Waals surface area contributed by atoms with Gasteiger partial charge in [0.1, 0.15) is 6.10 Å². The van der Waals surface area contributed by atoms with E-state index in [1.807, 2.05) is 0 Å². The Morgan fingerprint density at radius 1 is 0.710 bits per heavy atom. The van der Waals surface area contributed by atoms with Gasteiger partial charge in [-0.2, -0.15) is 0 Å². The van der Waals surface area contributed by atoms with E-state index >= 15 is 0 Å². The van der Waals surface area contributed by atoms with Crippen molar-refractivity contribution < 1.29 is 24.5 Å². The van der Waals surface area contributed by atoms with Gasteiger partial charge in [0.15, 0.2) is 0 Å². The summed E-state index contributed by atoms with van der Waals surface area (Å²) >= 11 is 0. The first-order chi connectivity index (χ1) is 15.0. The molecule has 31 heavy (non-hydrogen) atoms. The van der Waals surface area contributed by atoms with Crippen LogP contribution in [0.2, 0.25) is 0 Å². The van der Waals surface area contributed by atoms with Crippen molar-refractivity contribution >= 4 is 11.9 Å². The molecule has 5 nitrogen and oxygen atoms in total. The predicted molar refractivity (Wildman–Crippen MR) is 127 cm³/mol. The standard InChI is InChI=1S/C26H48O5/c1-3-5-7-9-11-12-14-15-17-19-23(27)21-26(30)31-24(22-25(28)29)20-18-16-13-10-8-6-4-2/h21,24,27H,3-20,22H2,1-2H3,(H,28,29). The van der Waals surface area contributed by atoms with Crippen LogP contribution < -0.4 is 0 Å². The van der Waals surface area contributed by atoms with Crippen LogP contribution in [0.25, 0.3) is 0 Å². The number of carbonyl (C=O) groups excluding carboxylic acids is 1. The van der Waals surface area contributed by atoms with Crippen LogP contribution in [-0.2, 0) is 14.3 Å². The molecule has 0 saturated carbocycles. The zero-order chi connectivity index (χ0) is 23.2. The van der Waals surface area contributed by atoms with Crippen LogP contribution in [0.5, 0.6) is 0 Å². The van der Waals surface area contributed by atoms with Gasteiger partial charge in [-0.15, -0.1) is 0 Å². The fourth-order valence-corrected chi connectivity index (χ4v) is 3.75. The van der Waals surface area contributed by atoms with E-state index in [2.05, 4.69) is 13.8 Å². The van der Waals surface area contributed by atoms with Gasteiger partial charge in [-0.05, 0) is 19.3 Å². The highest BCUT2D eigenvalue weighted by Gasteiger charge is 2.17. The van der Waals surface area contributed by atoms with E-state index in [0.717, 1.165) is 44.6 Å². The summed E-state index contributed by atoms with van der Waals surface area (Å²) in [7, 11) is 0. The minimum Gasteiger partial charge on any atom is -0.512 e. The molecule has 0 spiro atoms. The number of carboxylic acid groups (broad SMARTS) is 1. The number of unbranched alkanes of at least 4 members (excludes halogenated alkanes) is 14. The van der Waals surface area contributed by atoms with Crippen LogP contribution in [0.4, 0.5) is 0 Å². The van der Waals surface area contributed by atoms with Gasteiger partial charge in [0.2, 0.25) is 0 Å². The maximum absolute atomic E-state index is 12.1. The van der Waals surface area contributed by atoms with Crippen molar-refractivity contribution in [2.45, 2.75) is 142 Å². The predicted octanol–water partition coefficient (Wildman–Crippen LogP) is 7.88. The van der Waals surface area contributed by atoms with E-state index in [1.165, 1.54) is 64.2 Å². The molecule has 0 fully saturated rings. The molecule has 0 aromatic heterocycles. The second kappa shape index (κ2) is 21.7. The van der Waals surface area contributed by atoms with Crippen LogP contribution in [0.1, 0.15) is 136 Å². The molecule has 0 saturated heterocycles. The summed E-state index contributed by atoms with van der Waals surface area (Å²) in [5.74, 6) is -1.58. The Morgan fingerprint density at radius 3 is 1.65 bits per heavy atom. The van der Waals surface area contributed by atoms with Crippen molar-refractivity contribution in [1.82, 2.24) is 0 Å². The molecular weight excluding hydrogens is 392 g/mol. The Labute approximate surface area is 190 Å². The fraction of sp³-hybridized carbons (Fsp3) is 0.846. The molecule has 182 valence electrons.